The number of halogens is 1. The first-order valence-electron chi connectivity index (χ1n) is 15.1. The van der Waals surface area contributed by atoms with Crippen LogP contribution in [0.15, 0.2) is 47.7 Å². The maximum absolute atomic E-state index is 14.4. The molecule has 0 saturated carbocycles. The lowest BCUT2D eigenvalue weighted by Crippen LogP contribution is -2.65. The smallest absolute Gasteiger partial charge is 0.265 e. The second-order valence-corrected chi connectivity index (χ2v) is 12.2. The van der Waals surface area contributed by atoms with Crippen LogP contribution in [-0.4, -0.2) is 88.0 Å². The minimum Gasteiger partial charge on any atom is -0.506 e. The van der Waals surface area contributed by atoms with Gasteiger partial charge in [0.25, 0.3) is 17.7 Å². The van der Waals surface area contributed by atoms with Crippen LogP contribution in [0.4, 0.5) is 0 Å². The number of aromatic hydroxyl groups is 1. The lowest BCUT2D eigenvalue weighted by molar-refractivity contribution is -0.146. The Kier molecular flexibility index (Phi) is 11.8. The van der Waals surface area contributed by atoms with Crippen LogP contribution >= 0.6 is 11.6 Å². The first kappa shape index (κ1) is 37.1. The Bertz CT molecular complexity index is 1530. The molecule has 14 nitrogen and oxygen atoms in total. The van der Waals surface area contributed by atoms with Crippen molar-refractivity contribution in [2.24, 2.45) is 5.73 Å². The number of rotatable bonds is 8. The van der Waals surface area contributed by atoms with Gasteiger partial charge < -0.3 is 46.9 Å². The Morgan fingerprint density at radius 2 is 1.85 bits per heavy atom. The number of ether oxygens (including phenoxy) is 1. The number of carbonyl (C=O) groups is 5. The number of phenols is 1. The topological polar surface area (TPSA) is 212 Å². The van der Waals surface area contributed by atoms with Gasteiger partial charge in [0.1, 0.15) is 53.1 Å². The number of aliphatic hydroxyl groups is 1. The normalized spacial score (nSPS) is 26.8. The standard InChI is InChI=1S/C32H43ClN6O8/c1-8-16(5)23(27(34)42)37-28(43)19-11-10-12-39(19)31(46)26-32(6,9-2)47-17-13-18(21(33)20(40)14-17)25(41)24(35-7)30(45)36-22(15(3)4)29(44)38-26/h10-11,13-14,19,22,24-26,35,40-41H,3,8-9,12H2,1-2,4-7H3,(H2,34,42)(H,36,45)(H,37,43)(H,38,44)/b23-16-/t19?,22-,24+,25+,26-,32-/m1/s1. The van der Waals surface area contributed by atoms with Gasteiger partial charge in [-0.25, -0.2) is 0 Å². The van der Waals surface area contributed by atoms with Gasteiger partial charge in [0.15, 0.2) is 0 Å². The van der Waals surface area contributed by atoms with Crippen LogP contribution in [0.25, 0.3) is 0 Å². The summed E-state index contributed by atoms with van der Waals surface area (Å²) in [6, 6.07) is -2.84. The van der Waals surface area contributed by atoms with E-state index < -0.39 is 71.2 Å². The number of hydrogen-bond donors (Lipinski definition) is 7. The number of fused-ring (bicyclic) bond motifs is 2. The number of nitrogens with zero attached hydrogens (tertiary/aromatic N) is 1. The van der Waals surface area contributed by atoms with E-state index in [9.17, 15) is 34.2 Å². The Hall–Kier alpha value is -4.40. The molecule has 47 heavy (non-hydrogen) atoms. The van der Waals surface area contributed by atoms with Gasteiger partial charge >= 0.3 is 0 Å². The first-order valence-corrected chi connectivity index (χ1v) is 15.5. The highest BCUT2D eigenvalue weighted by Gasteiger charge is 2.47. The maximum atomic E-state index is 14.4. The zero-order valence-electron chi connectivity index (χ0n) is 27.3. The molecule has 8 N–H and O–H groups in total. The molecule has 1 aromatic carbocycles. The molecular formula is C32H43ClN6O8. The van der Waals surface area contributed by atoms with E-state index in [0.717, 1.165) is 0 Å². The molecule has 2 aliphatic rings. The highest BCUT2D eigenvalue weighted by molar-refractivity contribution is 6.33. The van der Waals surface area contributed by atoms with Crippen LogP contribution in [-0.2, 0) is 24.0 Å². The molecule has 1 unspecified atom stereocenters. The lowest BCUT2D eigenvalue weighted by atomic mass is 9.90. The van der Waals surface area contributed by atoms with E-state index in [2.05, 4.69) is 27.8 Å². The fraction of sp³-hybridized carbons (Fsp3) is 0.469. The molecule has 0 radical (unpaired) electrons. The zero-order chi connectivity index (χ0) is 35.4. The Labute approximate surface area is 278 Å². The minimum atomic E-state index is -1.60. The van der Waals surface area contributed by atoms with Crippen molar-refractivity contribution in [2.75, 3.05) is 13.6 Å². The number of phenolic OH excluding ortho intramolecular Hbond substituents is 1. The quantitative estimate of drug-likeness (QED) is 0.153. The van der Waals surface area contributed by atoms with Gasteiger partial charge in [0.2, 0.25) is 11.8 Å². The van der Waals surface area contributed by atoms with Crippen molar-refractivity contribution in [3.63, 3.8) is 0 Å². The molecular weight excluding hydrogens is 632 g/mol. The fourth-order valence-corrected chi connectivity index (χ4v) is 5.56. The lowest BCUT2D eigenvalue weighted by Gasteiger charge is -2.40. The number of carbonyl (C=O) groups excluding carboxylic acids is 5. The molecule has 0 aromatic heterocycles. The number of primary amides is 1. The average Bonchev–Trinajstić information content (AvgIpc) is 3.52. The van der Waals surface area contributed by atoms with E-state index in [0.29, 0.717) is 12.0 Å². The Balaban J connectivity index is 2.15. The molecule has 0 spiro atoms. The van der Waals surface area contributed by atoms with Crippen molar-refractivity contribution in [1.29, 1.82) is 0 Å². The summed E-state index contributed by atoms with van der Waals surface area (Å²) in [5.41, 5.74) is 4.58. The van der Waals surface area contributed by atoms with E-state index in [1.807, 2.05) is 0 Å². The number of amides is 5. The number of nitrogens with one attached hydrogen (secondary N) is 4. The van der Waals surface area contributed by atoms with Crippen molar-refractivity contribution >= 4 is 41.1 Å². The molecule has 6 atom stereocenters. The van der Waals surface area contributed by atoms with Crippen LogP contribution in [0.3, 0.4) is 0 Å². The number of hydrogen-bond acceptors (Lipinski definition) is 9. The molecule has 0 aliphatic carbocycles. The SMILES string of the molecule is C=C(C)[C@H]1NC(=O)[C@@H](NC)[C@@H](O)c2cc(cc(O)c2Cl)O[C@](C)(CC)[C@@H](C(=O)N2CC=CC2C(=O)N/C(C(N)=O)=C(/C)CC)NC1=O. The molecule has 1 aromatic rings. The molecule has 5 amide bonds. The Morgan fingerprint density at radius 1 is 1.19 bits per heavy atom. The van der Waals surface area contributed by atoms with Crippen LogP contribution in [0.2, 0.25) is 5.02 Å². The van der Waals surface area contributed by atoms with Gasteiger partial charge in [0.05, 0.1) is 5.02 Å². The van der Waals surface area contributed by atoms with Crippen molar-refractivity contribution in [1.82, 2.24) is 26.2 Å². The first-order chi connectivity index (χ1) is 22.0. The third-order valence-electron chi connectivity index (χ3n) is 8.48. The van der Waals surface area contributed by atoms with E-state index in [1.165, 1.54) is 37.1 Å². The van der Waals surface area contributed by atoms with Gasteiger partial charge in [-0.3, -0.25) is 24.0 Å². The maximum Gasteiger partial charge on any atom is 0.265 e. The van der Waals surface area contributed by atoms with E-state index >= 15 is 0 Å². The summed E-state index contributed by atoms with van der Waals surface area (Å²) in [4.78, 5) is 68.4. The van der Waals surface area contributed by atoms with Crippen molar-refractivity contribution in [3.8, 4) is 11.5 Å². The average molecular weight is 675 g/mol. The number of benzene rings is 1. The summed E-state index contributed by atoms with van der Waals surface area (Å²) < 4.78 is 6.33. The highest BCUT2D eigenvalue weighted by atomic mass is 35.5. The second-order valence-electron chi connectivity index (χ2n) is 11.8. The van der Waals surface area contributed by atoms with Gasteiger partial charge in [-0.2, -0.15) is 0 Å². The monoisotopic (exact) mass is 674 g/mol. The van der Waals surface area contributed by atoms with Gasteiger partial charge in [-0.15, -0.1) is 0 Å². The summed E-state index contributed by atoms with van der Waals surface area (Å²) in [6.45, 7) is 12.0. The molecule has 256 valence electrons. The number of likely N-dealkylation sites (N-methyl/N-ethyl adjacent to an activating group) is 1. The van der Waals surface area contributed by atoms with Crippen LogP contribution in [0, 0.1) is 0 Å². The third kappa shape index (κ3) is 7.77. The molecule has 0 fully saturated rings. The number of nitrogens with two attached hydrogens (primary N) is 1. The molecule has 0 saturated heterocycles. The van der Waals surface area contributed by atoms with Crippen molar-refractivity contribution < 1.29 is 38.9 Å². The van der Waals surface area contributed by atoms with Crippen LogP contribution in [0.5, 0.6) is 11.5 Å². The van der Waals surface area contributed by atoms with E-state index in [1.54, 1.807) is 33.8 Å². The molecule has 2 bridgehead atoms. The largest absolute Gasteiger partial charge is 0.506 e. The third-order valence-corrected chi connectivity index (χ3v) is 8.89. The van der Waals surface area contributed by atoms with Gasteiger partial charge in [-0.05, 0) is 57.9 Å². The Morgan fingerprint density at radius 3 is 2.40 bits per heavy atom. The number of aliphatic hydroxyl groups excluding tert-OH is 1. The van der Waals surface area contributed by atoms with Crippen molar-refractivity contribution in [2.45, 2.75) is 83.3 Å². The van der Waals surface area contributed by atoms with Crippen molar-refractivity contribution in [3.05, 3.63) is 58.3 Å². The van der Waals surface area contributed by atoms with Gasteiger partial charge in [0, 0.05) is 18.2 Å². The van der Waals surface area contributed by atoms with Crippen LogP contribution in [0.1, 0.15) is 59.1 Å². The summed E-state index contributed by atoms with van der Waals surface area (Å²) in [6.07, 6.45) is 2.02. The second kappa shape index (κ2) is 15.0. The predicted octanol–water partition coefficient (Wildman–Crippen LogP) is 0.826. The predicted molar refractivity (Wildman–Crippen MR) is 174 cm³/mol. The summed E-state index contributed by atoms with van der Waals surface area (Å²) >= 11 is 6.35. The van der Waals surface area contributed by atoms with Gasteiger partial charge in [-0.1, -0.05) is 44.2 Å². The molecule has 2 aliphatic heterocycles. The number of allylic oxidation sites excluding steroid dienone is 1. The summed E-state index contributed by atoms with van der Waals surface area (Å²) in [5, 5.41) is 32.1. The van der Waals surface area contributed by atoms with E-state index in [4.69, 9.17) is 22.1 Å². The fourth-order valence-electron chi connectivity index (χ4n) is 5.34. The zero-order valence-corrected chi connectivity index (χ0v) is 28.0. The summed E-state index contributed by atoms with van der Waals surface area (Å²) in [7, 11) is 1.42. The van der Waals surface area contributed by atoms with Crippen LogP contribution < -0.4 is 31.7 Å². The molecule has 3 rings (SSSR count). The summed E-state index contributed by atoms with van der Waals surface area (Å²) in [5.74, 6) is -4.36. The molecule has 15 heteroatoms. The van der Waals surface area contributed by atoms with E-state index in [-0.39, 0.29) is 40.6 Å². The molecule has 2 heterocycles. The minimum absolute atomic E-state index is 0.0198. The highest BCUT2D eigenvalue weighted by Crippen LogP contribution is 2.39.